The molecule has 1 aromatic carbocycles. The fourth-order valence-electron chi connectivity index (χ4n) is 1.84. The number of benzene rings is 1. The van der Waals surface area contributed by atoms with Gasteiger partial charge < -0.3 is 4.74 Å². The SMILES string of the molecule is CC.CCCc1cc(C)cc(OCC2CC2)c1. The van der Waals surface area contributed by atoms with Gasteiger partial charge in [0.25, 0.3) is 0 Å². The average Bonchev–Trinajstić information content (AvgIpc) is 3.13. The topological polar surface area (TPSA) is 9.23 Å². The molecule has 1 fully saturated rings. The molecule has 0 aliphatic heterocycles. The number of rotatable bonds is 5. The largest absolute Gasteiger partial charge is 0.493 e. The molecular weight excluding hydrogens is 208 g/mol. The summed E-state index contributed by atoms with van der Waals surface area (Å²) in [5.74, 6) is 1.89. The van der Waals surface area contributed by atoms with Crippen molar-refractivity contribution in [2.24, 2.45) is 5.92 Å². The second kappa shape index (κ2) is 7.37. The second-order valence-corrected chi connectivity index (χ2v) is 4.66. The first kappa shape index (κ1) is 14.1. The Bertz CT molecular complexity index is 326. The lowest BCUT2D eigenvalue weighted by Gasteiger charge is -2.08. The van der Waals surface area contributed by atoms with Crippen molar-refractivity contribution in [3.05, 3.63) is 29.3 Å². The van der Waals surface area contributed by atoms with E-state index in [0.29, 0.717) is 0 Å². The van der Waals surface area contributed by atoms with Gasteiger partial charge in [-0.2, -0.15) is 0 Å². The number of hydrogen-bond acceptors (Lipinski definition) is 1. The molecule has 0 N–H and O–H groups in total. The van der Waals surface area contributed by atoms with Crippen LogP contribution in [-0.4, -0.2) is 6.61 Å². The Hall–Kier alpha value is -0.980. The van der Waals surface area contributed by atoms with E-state index in [2.05, 4.69) is 32.0 Å². The summed E-state index contributed by atoms with van der Waals surface area (Å²) in [5, 5.41) is 0. The number of aryl methyl sites for hydroxylation is 2. The quantitative estimate of drug-likeness (QED) is 0.713. The molecule has 0 atom stereocenters. The van der Waals surface area contributed by atoms with Gasteiger partial charge in [-0.05, 0) is 55.4 Å². The Labute approximate surface area is 106 Å². The van der Waals surface area contributed by atoms with Crippen LogP contribution in [0.4, 0.5) is 0 Å². The standard InChI is InChI=1S/C14H20O.C2H6/c1-3-4-13-7-11(2)8-14(9-13)15-10-12-5-6-12;1-2/h7-9,12H,3-6,10H2,1-2H3;1-2H3. The first-order valence-corrected chi connectivity index (χ1v) is 7.01. The van der Waals surface area contributed by atoms with Gasteiger partial charge in [-0.1, -0.05) is 33.3 Å². The molecule has 0 spiro atoms. The first-order chi connectivity index (χ1) is 8.28. The molecule has 2 rings (SSSR count). The van der Waals surface area contributed by atoms with Crippen molar-refractivity contribution in [1.82, 2.24) is 0 Å². The van der Waals surface area contributed by atoms with Gasteiger partial charge in [0.1, 0.15) is 5.75 Å². The molecule has 1 saturated carbocycles. The molecule has 1 aromatic rings. The van der Waals surface area contributed by atoms with E-state index in [9.17, 15) is 0 Å². The molecule has 17 heavy (non-hydrogen) atoms. The van der Waals surface area contributed by atoms with Crippen molar-refractivity contribution >= 4 is 0 Å². The van der Waals surface area contributed by atoms with Crippen LogP contribution >= 0.6 is 0 Å². The number of hydrogen-bond donors (Lipinski definition) is 0. The summed E-state index contributed by atoms with van der Waals surface area (Å²) in [6.45, 7) is 9.27. The van der Waals surface area contributed by atoms with Crippen LogP contribution in [0, 0.1) is 12.8 Å². The normalized spacial score (nSPS) is 13.9. The molecule has 1 heteroatoms. The Balaban J connectivity index is 0.000000686. The molecule has 96 valence electrons. The van der Waals surface area contributed by atoms with E-state index in [4.69, 9.17) is 4.74 Å². The van der Waals surface area contributed by atoms with E-state index in [1.165, 1.54) is 30.4 Å². The van der Waals surface area contributed by atoms with Crippen LogP contribution in [-0.2, 0) is 6.42 Å². The molecule has 1 aliphatic carbocycles. The van der Waals surface area contributed by atoms with E-state index in [0.717, 1.165) is 24.7 Å². The van der Waals surface area contributed by atoms with E-state index in [-0.39, 0.29) is 0 Å². The van der Waals surface area contributed by atoms with Crippen LogP contribution in [0.1, 0.15) is 51.2 Å². The maximum atomic E-state index is 5.80. The minimum absolute atomic E-state index is 0.833. The maximum absolute atomic E-state index is 5.80. The minimum atomic E-state index is 0.833. The van der Waals surface area contributed by atoms with Crippen LogP contribution in [0.2, 0.25) is 0 Å². The van der Waals surface area contributed by atoms with Gasteiger partial charge in [-0.15, -0.1) is 0 Å². The highest BCUT2D eigenvalue weighted by atomic mass is 16.5. The molecule has 0 radical (unpaired) electrons. The predicted octanol–water partition coefficient (Wildman–Crippen LogP) is 4.76. The van der Waals surface area contributed by atoms with Gasteiger partial charge in [0.15, 0.2) is 0 Å². The van der Waals surface area contributed by atoms with Crippen molar-refractivity contribution in [2.45, 2.75) is 53.4 Å². The number of ether oxygens (including phenoxy) is 1. The van der Waals surface area contributed by atoms with Crippen LogP contribution in [0.25, 0.3) is 0 Å². The van der Waals surface area contributed by atoms with Crippen LogP contribution in [0.3, 0.4) is 0 Å². The minimum Gasteiger partial charge on any atom is -0.493 e. The van der Waals surface area contributed by atoms with Crippen LogP contribution in [0.15, 0.2) is 18.2 Å². The van der Waals surface area contributed by atoms with E-state index in [1.54, 1.807) is 0 Å². The van der Waals surface area contributed by atoms with Crippen molar-refractivity contribution < 1.29 is 4.74 Å². The van der Waals surface area contributed by atoms with Crippen molar-refractivity contribution in [3.8, 4) is 5.75 Å². The molecule has 0 bridgehead atoms. The zero-order valence-corrected chi connectivity index (χ0v) is 11.8. The molecule has 0 saturated heterocycles. The highest BCUT2D eigenvalue weighted by Crippen LogP contribution is 2.30. The van der Waals surface area contributed by atoms with Gasteiger partial charge >= 0.3 is 0 Å². The fraction of sp³-hybridized carbons (Fsp3) is 0.625. The maximum Gasteiger partial charge on any atom is 0.119 e. The molecule has 1 aliphatic rings. The van der Waals surface area contributed by atoms with E-state index < -0.39 is 0 Å². The van der Waals surface area contributed by atoms with E-state index in [1.807, 2.05) is 13.8 Å². The second-order valence-electron chi connectivity index (χ2n) is 4.66. The Morgan fingerprint density at radius 1 is 1.18 bits per heavy atom. The molecule has 0 unspecified atom stereocenters. The highest BCUT2D eigenvalue weighted by molar-refractivity contribution is 5.34. The van der Waals surface area contributed by atoms with Crippen LogP contribution < -0.4 is 4.74 Å². The lowest BCUT2D eigenvalue weighted by Crippen LogP contribution is -1.99. The van der Waals surface area contributed by atoms with Gasteiger partial charge in [0.05, 0.1) is 6.61 Å². The van der Waals surface area contributed by atoms with Crippen LogP contribution in [0.5, 0.6) is 5.75 Å². The zero-order chi connectivity index (χ0) is 12.7. The summed E-state index contributed by atoms with van der Waals surface area (Å²) >= 11 is 0. The molecule has 0 aromatic heterocycles. The van der Waals surface area contributed by atoms with Gasteiger partial charge in [0, 0.05) is 0 Å². The van der Waals surface area contributed by atoms with Crippen molar-refractivity contribution in [2.75, 3.05) is 6.61 Å². The summed E-state index contributed by atoms with van der Waals surface area (Å²) in [6.07, 6.45) is 5.06. The first-order valence-electron chi connectivity index (χ1n) is 7.01. The third-order valence-corrected chi connectivity index (χ3v) is 2.83. The highest BCUT2D eigenvalue weighted by Gasteiger charge is 2.21. The van der Waals surface area contributed by atoms with Gasteiger partial charge in [0.2, 0.25) is 0 Å². The zero-order valence-electron chi connectivity index (χ0n) is 11.8. The lowest BCUT2D eigenvalue weighted by atomic mass is 10.1. The lowest BCUT2D eigenvalue weighted by molar-refractivity contribution is 0.299. The Kier molecular flexibility index (Phi) is 6.10. The molecule has 1 nitrogen and oxygen atoms in total. The average molecular weight is 234 g/mol. The predicted molar refractivity (Wildman–Crippen MR) is 74.7 cm³/mol. The van der Waals surface area contributed by atoms with Crippen molar-refractivity contribution in [3.63, 3.8) is 0 Å². The monoisotopic (exact) mass is 234 g/mol. The summed E-state index contributed by atoms with van der Waals surface area (Å²) in [4.78, 5) is 0. The van der Waals surface area contributed by atoms with Gasteiger partial charge in [-0.3, -0.25) is 0 Å². The smallest absolute Gasteiger partial charge is 0.119 e. The molecule has 0 amide bonds. The van der Waals surface area contributed by atoms with E-state index >= 15 is 0 Å². The third-order valence-electron chi connectivity index (χ3n) is 2.83. The third kappa shape index (κ3) is 5.25. The summed E-state index contributed by atoms with van der Waals surface area (Å²) in [5.41, 5.74) is 2.72. The molecule has 0 heterocycles. The Morgan fingerprint density at radius 3 is 2.47 bits per heavy atom. The van der Waals surface area contributed by atoms with Crippen molar-refractivity contribution in [1.29, 1.82) is 0 Å². The fourth-order valence-corrected chi connectivity index (χ4v) is 1.84. The summed E-state index contributed by atoms with van der Waals surface area (Å²) < 4.78 is 5.80. The van der Waals surface area contributed by atoms with Gasteiger partial charge in [-0.25, -0.2) is 0 Å². The Morgan fingerprint density at radius 2 is 1.88 bits per heavy atom. The summed E-state index contributed by atoms with van der Waals surface area (Å²) in [7, 11) is 0. The molecular formula is C16H26O. The summed E-state index contributed by atoms with van der Waals surface area (Å²) in [6, 6.07) is 6.59.